The molecule has 1 aliphatic rings. The van der Waals surface area contributed by atoms with Gasteiger partial charge in [-0.25, -0.2) is 28.5 Å². The lowest BCUT2D eigenvalue weighted by molar-refractivity contribution is -0.129. The molecule has 0 aliphatic carbocycles. The van der Waals surface area contributed by atoms with Crippen LogP contribution in [0.15, 0.2) is 67.3 Å². The van der Waals surface area contributed by atoms with Gasteiger partial charge in [0, 0.05) is 29.2 Å². The number of nitrogens with one attached hydrogen (secondary N) is 2. The highest BCUT2D eigenvalue weighted by Crippen LogP contribution is 2.39. The second-order valence-electron chi connectivity index (χ2n) is 13.6. The maximum atomic E-state index is 14.5. The van der Waals surface area contributed by atoms with Gasteiger partial charge in [0.05, 0.1) is 16.6 Å². The van der Waals surface area contributed by atoms with E-state index in [-0.39, 0.29) is 27.9 Å². The van der Waals surface area contributed by atoms with Crippen LogP contribution < -0.4 is 10.2 Å². The molecule has 2 aromatic heterocycles. The van der Waals surface area contributed by atoms with Gasteiger partial charge in [-0.15, -0.1) is 0 Å². The number of amides is 2. The van der Waals surface area contributed by atoms with Gasteiger partial charge in [0.25, 0.3) is 12.3 Å². The lowest BCUT2D eigenvalue weighted by atomic mass is 9.87. The van der Waals surface area contributed by atoms with Crippen molar-refractivity contribution in [2.45, 2.75) is 71.6 Å². The van der Waals surface area contributed by atoms with Crippen molar-refractivity contribution in [1.82, 2.24) is 34.9 Å². The van der Waals surface area contributed by atoms with Crippen LogP contribution in [0.5, 0.6) is 0 Å². The average molecular weight is 730 g/mol. The molecule has 1 aliphatic heterocycles. The van der Waals surface area contributed by atoms with Crippen molar-refractivity contribution in [1.29, 1.82) is 5.41 Å². The summed E-state index contributed by atoms with van der Waals surface area (Å²) in [5.41, 5.74) is -0.879. The zero-order valence-electron chi connectivity index (χ0n) is 28.3. The second kappa shape index (κ2) is 14.6. The molecule has 17 heteroatoms. The molecule has 0 unspecified atom stereocenters. The minimum absolute atomic E-state index is 0.0280. The number of nitrogens with zero attached hydrogens (tertiary/aromatic N) is 7. The largest absolute Gasteiger partial charge is 0.447 e. The molecule has 12 nitrogen and oxygen atoms in total. The maximum Gasteiger partial charge on any atom is 0.407 e. The van der Waals surface area contributed by atoms with E-state index in [0.29, 0.717) is 28.2 Å². The predicted molar refractivity (Wildman–Crippen MR) is 181 cm³/mol. The Balaban J connectivity index is 1.58. The topological polar surface area (TPSA) is 142 Å². The fourth-order valence-electron chi connectivity index (χ4n) is 5.56. The van der Waals surface area contributed by atoms with Gasteiger partial charge in [-0.2, -0.15) is 18.6 Å². The number of guanidine groups is 1. The van der Waals surface area contributed by atoms with Crippen LogP contribution in [0, 0.1) is 10.8 Å². The van der Waals surface area contributed by atoms with E-state index in [1.807, 2.05) is 20.8 Å². The summed E-state index contributed by atoms with van der Waals surface area (Å²) in [5.74, 6) is -0.576. The van der Waals surface area contributed by atoms with E-state index in [2.05, 4.69) is 25.4 Å². The first-order valence-corrected chi connectivity index (χ1v) is 16.1. The van der Waals surface area contributed by atoms with Crippen molar-refractivity contribution in [3.63, 3.8) is 0 Å². The van der Waals surface area contributed by atoms with E-state index in [0.717, 1.165) is 25.1 Å². The van der Waals surface area contributed by atoms with E-state index in [1.165, 1.54) is 18.2 Å². The van der Waals surface area contributed by atoms with E-state index in [1.54, 1.807) is 47.6 Å². The Labute approximate surface area is 296 Å². The number of anilines is 1. The van der Waals surface area contributed by atoms with Crippen molar-refractivity contribution in [3.8, 4) is 22.8 Å². The fourth-order valence-corrected chi connectivity index (χ4v) is 5.76. The van der Waals surface area contributed by atoms with E-state index >= 15 is 0 Å². The number of alkyl halides is 4. The van der Waals surface area contributed by atoms with Crippen LogP contribution in [0.1, 0.15) is 59.2 Å². The number of rotatable bonds is 11. The molecule has 270 valence electrons. The number of halogens is 5. The lowest BCUT2D eigenvalue weighted by Gasteiger charge is -2.30. The molecular formula is C34H36ClF4N9O3. The molecule has 0 spiro atoms. The minimum Gasteiger partial charge on any atom is -0.447 e. The van der Waals surface area contributed by atoms with Gasteiger partial charge >= 0.3 is 12.6 Å². The molecule has 0 bridgehead atoms. The first-order valence-electron chi connectivity index (χ1n) is 15.8. The van der Waals surface area contributed by atoms with Crippen LogP contribution in [-0.4, -0.2) is 72.2 Å². The summed E-state index contributed by atoms with van der Waals surface area (Å²) in [7, 11) is 0. The Morgan fingerprint density at radius 1 is 1.02 bits per heavy atom. The quantitative estimate of drug-likeness (QED) is 0.153. The lowest BCUT2D eigenvalue weighted by Crippen LogP contribution is -2.49. The Hall–Kier alpha value is -5.12. The van der Waals surface area contributed by atoms with Crippen LogP contribution >= 0.6 is 11.6 Å². The Bertz CT molecular complexity index is 1890. The van der Waals surface area contributed by atoms with E-state index in [9.17, 15) is 32.6 Å². The van der Waals surface area contributed by atoms with Crippen LogP contribution in [0.3, 0.4) is 0 Å². The Morgan fingerprint density at radius 3 is 2.29 bits per heavy atom. The third kappa shape index (κ3) is 8.11. The number of carbonyl (C=O) groups is 2. The minimum atomic E-state index is -3.05. The predicted octanol–water partition coefficient (Wildman–Crippen LogP) is 7.35. The monoisotopic (exact) mass is 729 g/mol. The van der Waals surface area contributed by atoms with Gasteiger partial charge < -0.3 is 10.1 Å². The molecule has 2 amide bonds. The highest BCUT2D eigenvalue weighted by Gasteiger charge is 2.48. The zero-order chi connectivity index (χ0) is 37.2. The van der Waals surface area contributed by atoms with Gasteiger partial charge in [-0.1, -0.05) is 38.4 Å². The summed E-state index contributed by atoms with van der Waals surface area (Å²) in [6.45, 7) is 4.41. The Kier molecular flexibility index (Phi) is 10.6. The van der Waals surface area contributed by atoms with Gasteiger partial charge in [0.2, 0.25) is 5.96 Å². The van der Waals surface area contributed by atoms with Crippen molar-refractivity contribution in [3.05, 3.63) is 77.8 Å². The number of carbonyl (C=O) groups excluding carboxylic acids is 2. The maximum absolute atomic E-state index is 14.5. The highest BCUT2D eigenvalue weighted by molar-refractivity contribution is 6.33. The molecule has 1 saturated heterocycles. The number of benzene rings is 2. The SMILES string of the molecule is CC(C)(C)C[C@H]1C(=O)N([C@H](COC(=O)NC(C)(C)C(F)F)c2ccc(Cl)c(-c3ncnn3C(F)F)c2)C(=N)N1c1ccc(-c2ncccn2)cc1. The number of hydrogen-bond donors (Lipinski definition) is 2. The summed E-state index contributed by atoms with van der Waals surface area (Å²) in [4.78, 5) is 42.5. The van der Waals surface area contributed by atoms with Gasteiger partial charge in [-0.05, 0) is 73.7 Å². The first-order chi connectivity index (χ1) is 24.0. The molecule has 2 atom stereocenters. The molecule has 0 radical (unpaired) electrons. The third-order valence-corrected chi connectivity index (χ3v) is 8.42. The summed E-state index contributed by atoms with van der Waals surface area (Å²) < 4.78 is 60.5. The van der Waals surface area contributed by atoms with Crippen molar-refractivity contribution >= 4 is 35.2 Å². The number of alkyl carbamates (subject to hydrolysis) is 1. The van der Waals surface area contributed by atoms with Crippen LogP contribution in [0.25, 0.3) is 22.8 Å². The smallest absolute Gasteiger partial charge is 0.407 e. The van der Waals surface area contributed by atoms with E-state index < -0.39 is 54.6 Å². The van der Waals surface area contributed by atoms with Gasteiger partial charge in [0.15, 0.2) is 11.6 Å². The summed E-state index contributed by atoms with van der Waals surface area (Å²) in [5, 5.41) is 15.1. The fraction of sp³-hybridized carbons (Fsp3) is 0.382. The van der Waals surface area contributed by atoms with Crippen molar-refractivity contribution < 1.29 is 31.9 Å². The van der Waals surface area contributed by atoms with Gasteiger partial charge in [0.1, 0.15) is 19.0 Å². The Morgan fingerprint density at radius 2 is 1.69 bits per heavy atom. The summed E-state index contributed by atoms with van der Waals surface area (Å²) >= 11 is 6.44. The van der Waals surface area contributed by atoms with Crippen molar-refractivity contribution in [2.75, 3.05) is 11.5 Å². The molecule has 0 saturated carbocycles. The normalized spacial score (nSPS) is 16.0. The average Bonchev–Trinajstić information content (AvgIpc) is 3.64. The van der Waals surface area contributed by atoms with Crippen LogP contribution in [0.2, 0.25) is 5.02 Å². The zero-order valence-corrected chi connectivity index (χ0v) is 29.1. The molecule has 5 rings (SSSR count). The molecule has 1 fully saturated rings. The standard InChI is InChI=1S/C34H36ClF4N9O3/c1-33(2,3)16-24-28(49)47(31(40)46(24)21-10-7-19(8-11-21)26-41-13-6-14-42-26)25(17-51-32(50)45-34(4,5)29(36)37)20-9-12-23(35)22(15-20)27-43-18-44-48(27)30(38)39/h6-15,18,24-25,29-30,40H,16-17H2,1-5H3,(H,45,50)/t24-,25+/m0/s1. The molecule has 3 heterocycles. The molecule has 51 heavy (non-hydrogen) atoms. The van der Waals surface area contributed by atoms with Crippen molar-refractivity contribution in [2.24, 2.45) is 5.41 Å². The summed E-state index contributed by atoms with van der Waals surface area (Å²) in [6, 6.07) is 10.8. The van der Waals surface area contributed by atoms with Crippen LogP contribution in [-0.2, 0) is 9.53 Å². The summed E-state index contributed by atoms with van der Waals surface area (Å²) in [6.07, 6.45) is 0.333. The van der Waals surface area contributed by atoms with E-state index in [4.69, 9.17) is 16.3 Å². The number of ether oxygens (including phenoxy) is 1. The second-order valence-corrected chi connectivity index (χ2v) is 14.0. The number of hydrogen-bond acceptors (Lipinski definition) is 8. The highest BCUT2D eigenvalue weighted by atomic mass is 35.5. The first kappa shape index (κ1) is 37.1. The number of aromatic nitrogens is 5. The van der Waals surface area contributed by atoms with Gasteiger partial charge in [-0.3, -0.25) is 20.0 Å². The third-order valence-electron chi connectivity index (χ3n) is 8.09. The molecule has 2 N–H and O–H groups in total. The molecule has 4 aromatic rings. The molecule has 2 aromatic carbocycles. The van der Waals surface area contributed by atoms with Crippen LogP contribution in [0.4, 0.5) is 28.0 Å². The molecular weight excluding hydrogens is 694 g/mol.